The van der Waals surface area contributed by atoms with Crippen LogP contribution in [0.15, 0.2) is 34.2 Å². The largest absolute Gasteiger partial charge is 0.493 e. The second-order valence-corrected chi connectivity index (χ2v) is 9.94. The highest BCUT2D eigenvalue weighted by atomic mass is 32.1. The molecular formula is C23H25N7O4S. The predicted octanol–water partition coefficient (Wildman–Crippen LogP) is 0.537. The van der Waals surface area contributed by atoms with Gasteiger partial charge >= 0.3 is 5.69 Å². The zero-order valence-corrected chi connectivity index (χ0v) is 20.0. The minimum absolute atomic E-state index is 0.102. The van der Waals surface area contributed by atoms with Crippen molar-refractivity contribution < 1.29 is 15.0 Å². The first kappa shape index (κ1) is 23.0. The number of aromatic nitrogens is 5. The van der Waals surface area contributed by atoms with Crippen LogP contribution < -0.4 is 21.7 Å². The molecule has 12 heteroatoms. The Morgan fingerprint density at radius 2 is 2.17 bits per heavy atom. The Morgan fingerprint density at radius 1 is 1.37 bits per heavy atom. The molecule has 1 amide bonds. The number of carbonyl (C=O) groups is 1. The monoisotopic (exact) mass is 495 g/mol. The molecule has 1 fully saturated rings. The summed E-state index contributed by atoms with van der Waals surface area (Å²) in [4.78, 5) is 39.9. The summed E-state index contributed by atoms with van der Waals surface area (Å²) in [5.74, 6) is -0.418. The van der Waals surface area contributed by atoms with E-state index in [1.807, 2.05) is 26.0 Å². The number of aromatic hydroxyl groups is 1. The Balaban J connectivity index is 1.58. The molecule has 182 valence electrons. The van der Waals surface area contributed by atoms with E-state index in [0.29, 0.717) is 26.9 Å². The Labute approximate surface area is 202 Å². The number of rotatable bonds is 7. The molecule has 1 unspecified atom stereocenters. The van der Waals surface area contributed by atoms with Gasteiger partial charge in [-0.1, -0.05) is 13.8 Å². The number of hydrogen-bond donors (Lipinski definition) is 5. The maximum Gasteiger partial charge on any atom is 0.326 e. The predicted molar refractivity (Wildman–Crippen MR) is 130 cm³/mol. The maximum absolute atomic E-state index is 12.7. The molecule has 1 saturated carbocycles. The van der Waals surface area contributed by atoms with Crippen LogP contribution in [0, 0.1) is 5.92 Å². The van der Waals surface area contributed by atoms with Gasteiger partial charge in [0.25, 0.3) is 5.91 Å². The van der Waals surface area contributed by atoms with Crippen LogP contribution in [0.3, 0.4) is 0 Å². The molecule has 0 aliphatic heterocycles. The lowest BCUT2D eigenvalue weighted by Gasteiger charge is -2.19. The van der Waals surface area contributed by atoms with Crippen LogP contribution in [0.2, 0.25) is 0 Å². The third-order valence-corrected chi connectivity index (χ3v) is 6.88. The lowest BCUT2D eigenvalue weighted by atomic mass is 10.1. The van der Waals surface area contributed by atoms with Gasteiger partial charge in [-0.05, 0) is 37.0 Å². The van der Waals surface area contributed by atoms with Gasteiger partial charge in [0.05, 0.1) is 40.3 Å². The van der Waals surface area contributed by atoms with Crippen molar-refractivity contribution in [1.82, 2.24) is 29.9 Å². The molecule has 4 heterocycles. The van der Waals surface area contributed by atoms with Gasteiger partial charge in [0.15, 0.2) is 11.1 Å². The molecule has 0 bridgehead atoms. The lowest BCUT2D eigenvalue weighted by Crippen LogP contribution is -2.40. The Kier molecular flexibility index (Phi) is 5.99. The quantitative estimate of drug-likeness (QED) is 0.251. The summed E-state index contributed by atoms with van der Waals surface area (Å²) in [5.41, 5.74) is 1.47. The molecule has 11 nitrogen and oxygen atoms in total. The molecule has 0 aromatic carbocycles. The number of nitrogens with zero attached hydrogens (tertiary/aromatic N) is 4. The van der Waals surface area contributed by atoms with E-state index >= 15 is 0 Å². The standard InChI is InChI=1S/C23H25N7O4S/c1-11(2)16(10-31)27-22(33)18-6-5-17(35-18)14-8-19(25-13-3-4-13)30-20(26-14)12(9-24-30)7-15-21(32)29-23(34)28-15/h5-9,11,13,16,31-32H,3-4,10H2,1-2H3,(H,27,33)(H2,28,29,34). The molecule has 0 radical (unpaired) electrons. The van der Waals surface area contributed by atoms with Gasteiger partial charge in [0.1, 0.15) is 5.69 Å². The molecule has 1 aliphatic rings. The Bertz CT molecular complexity index is 1580. The van der Waals surface area contributed by atoms with E-state index in [1.165, 1.54) is 11.3 Å². The normalized spacial score (nSPS) is 15.9. The van der Waals surface area contributed by atoms with Crippen LogP contribution in [0.1, 0.15) is 42.1 Å². The SMILES string of the molecule is CC(C)C(CO)NC(=O)c1ccc(-c2cc(=NC3CC3)n3ncc(=Cc4[nH]c(=O)[nH]c4O)c3n2)s1. The number of H-pyrrole nitrogens is 2. The minimum atomic E-state index is -0.520. The number of aliphatic hydroxyl groups is 1. The lowest BCUT2D eigenvalue weighted by molar-refractivity contribution is 0.0901. The van der Waals surface area contributed by atoms with Crippen molar-refractivity contribution in [1.29, 1.82) is 0 Å². The number of fused-ring (bicyclic) bond motifs is 1. The van der Waals surface area contributed by atoms with E-state index in [1.54, 1.807) is 22.9 Å². The summed E-state index contributed by atoms with van der Waals surface area (Å²) in [7, 11) is 0. The number of imidazole rings is 1. The van der Waals surface area contributed by atoms with E-state index in [0.717, 1.165) is 17.7 Å². The summed E-state index contributed by atoms with van der Waals surface area (Å²) < 4.78 is 1.63. The first-order valence-electron chi connectivity index (χ1n) is 11.3. The molecular weight excluding hydrogens is 470 g/mol. The van der Waals surface area contributed by atoms with Crippen LogP contribution >= 0.6 is 11.3 Å². The number of nitrogens with one attached hydrogen (secondary N) is 3. The molecule has 0 saturated heterocycles. The van der Waals surface area contributed by atoms with E-state index in [9.17, 15) is 19.8 Å². The van der Waals surface area contributed by atoms with Gasteiger partial charge in [-0.25, -0.2) is 9.78 Å². The van der Waals surface area contributed by atoms with Crippen molar-refractivity contribution in [2.24, 2.45) is 10.9 Å². The van der Waals surface area contributed by atoms with E-state index in [2.05, 4.69) is 20.4 Å². The second kappa shape index (κ2) is 9.12. The van der Waals surface area contributed by atoms with E-state index in [-0.39, 0.29) is 42.1 Å². The number of hydrogen-bond acceptors (Lipinski definition) is 8. The van der Waals surface area contributed by atoms with E-state index in [4.69, 9.17) is 9.98 Å². The number of carbonyl (C=O) groups excluding carboxylic acids is 1. The van der Waals surface area contributed by atoms with Crippen molar-refractivity contribution in [2.45, 2.75) is 38.8 Å². The number of aliphatic hydroxyl groups excluding tert-OH is 1. The van der Waals surface area contributed by atoms with Gasteiger partial charge in [-0.15, -0.1) is 11.3 Å². The average Bonchev–Trinajstić information content (AvgIpc) is 3.19. The molecule has 0 spiro atoms. The summed E-state index contributed by atoms with van der Waals surface area (Å²) in [6.07, 6.45) is 5.21. The van der Waals surface area contributed by atoms with E-state index < -0.39 is 5.69 Å². The highest BCUT2D eigenvalue weighted by molar-refractivity contribution is 7.17. The molecule has 5 N–H and O–H groups in total. The fourth-order valence-corrected chi connectivity index (χ4v) is 4.45. The summed E-state index contributed by atoms with van der Waals surface area (Å²) in [5, 5.41) is 27.4. The zero-order chi connectivity index (χ0) is 24.7. The van der Waals surface area contributed by atoms with Crippen LogP contribution in [-0.2, 0) is 0 Å². The van der Waals surface area contributed by atoms with Crippen molar-refractivity contribution >= 4 is 29.0 Å². The smallest absolute Gasteiger partial charge is 0.326 e. The molecule has 4 aromatic rings. The first-order valence-corrected chi connectivity index (χ1v) is 12.1. The van der Waals surface area contributed by atoms with Crippen molar-refractivity contribution in [3.8, 4) is 16.5 Å². The van der Waals surface area contributed by atoms with Crippen molar-refractivity contribution in [3.05, 3.63) is 56.2 Å². The average molecular weight is 496 g/mol. The van der Waals surface area contributed by atoms with Gasteiger partial charge in [0.2, 0.25) is 5.88 Å². The van der Waals surface area contributed by atoms with Crippen molar-refractivity contribution in [2.75, 3.05) is 6.61 Å². The molecule has 5 rings (SSSR count). The molecule has 4 aromatic heterocycles. The van der Waals surface area contributed by atoms with Gasteiger partial charge in [-0.2, -0.15) is 9.61 Å². The van der Waals surface area contributed by atoms with Gasteiger partial charge in [0, 0.05) is 11.3 Å². The van der Waals surface area contributed by atoms with Crippen LogP contribution in [0.4, 0.5) is 0 Å². The van der Waals surface area contributed by atoms with Crippen LogP contribution in [0.5, 0.6) is 5.88 Å². The maximum atomic E-state index is 12.7. The fraction of sp³-hybridized carbons (Fsp3) is 0.348. The van der Waals surface area contributed by atoms with Gasteiger partial charge < -0.3 is 20.5 Å². The Morgan fingerprint density at radius 3 is 2.83 bits per heavy atom. The third kappa shape index (κ3) is 4.75. The van der Waals surface area contributed by atoms with Crippen molar-refractivity contribution in [3.63, 3.8) is 0 Å². The fourth-order valence-electron chi connectivity index (χ4n) is 3.58. The molecule has 35 heavy (non-hydrogen) atoms. The number of aromatic amines is 2. The van der Waals surface area contributed by atoms with Crippen LogP contribution in [0.25, 0.3) is 22.3 Å². The highest BCUT2D eigenvalue weighted by Gasteiger charge is 2.21. The summed E-state index contributed by atoms with van der Waals surface area (Å²) in [6.45, 7) is 3.75. The first-order chi connectivity index (χ1) is 16.8. The molecule has 1 atom stereocenters. The van der Waals surface area contributed by atoms with Gasteiger partial charge in [-0.3, -0.25) is 14.8 Å². The highest BCUT2D eigenvalue weighted by Crippen LogP contribution is 2.27. The molecule has 1 aliphatic carbocycles. The minimum Gasteiger partial charge on any atom is -0.493 e. The topological polar surface area (TPSA) is 161 Å². The second-order valence-electron chi connectivity index (χ2n) is 8.85. The number of amides is 1. The summed E-state index contributed by atoms with van der Waals surface area (Å²) in [6, 6.07) is 5.33. The van der Waals surface area contributed by atoms with Crippen LogP contribution in [-0.4, -0.2) is 59.4 Å². The third-order valence-electron chi connectivity index (χ3n) is 5.78. The Hall–Kier alpha value is -3.77. The number of thiophene rings is 1. The summed E-state index contributed by atoms with van der Waals surface area (Å²) >= 11 is 1.30. The zero-order valence-electron chi connectivity index (χ0n) is 19.1.